The molecule has 2 heterocycles. The van der Waals surface area contributed by atoms with E-state index in [1.54, 1.807) is 12.1 Å². The van der Waals surface area contributed by atoms with Crippen LogP contribution in [0.3, 0.4) is 0 Å². The number of morpholine rings is 1. The second-order valence-corrected chi connectivity index (χ2v) is 7.55. The molecule has 0 bridgehead atoms. The summed E-state index contributed by atoms with van der Waals surface area (Å²) >= 11 is 0. The van der Waals surface area contributed by atoms with Gasteiger partial charge in [0, 0.05) is 32.7 Å². The number of amides is 2. The van der Waals surface area contributed by atoms with E-state index in [-0.39, 0.29) is 19.4 Å². The second-order valence-electron chi connectivity index (χ2n) is 7.55. The third-order valence-corrected chi connectivity index (χ3v) is 5.35. The van der Waals surface area contributed by atoms with E-state index in [4.69, 9.17) is 14.2 Å². The topological polar surface area (TPSA) is 89.1 Å². The summed E-state index contributed by atoms with van der Waals surface area (Å²) in [4.78, 5) is 26.4. The number of carbonyl (C=O) groups is 2. The van der Waals surface area contributed by atoms with Crippen LogP contribution < -0.4 is 20.1 Å². The first-order chi connectivity index (χ1) is 15.2. The first-order valence-electron chi connectivity index (χ1n) is 10.5. The minimum Gasteiger partial charge on any atom is -0.454 e. The smallest absolute Gasteiger partial charge is 0.309 e. The van der Waals surface area contributed by atoms with Crippen molar-refractivity contribution in [1.82, 2.24) is 15.5 Å². The van der Waals surface area contributed by atoms with Crippen molar-refractivity contribution in [1.29, 1.82) is 0 Å². The Morgan fingerprint density at radius 1 is 1.00 bits per heavy atom. The van der Waals surface area contributed by atoms with Gasteiger partial charge in [0.15, 0.2) is 11.5 Å². The molecule has 2 aliphatic rings. The molecule has 0 saturated carbocycles. The first-order valence-corrected chi connectivity index (χ1v) is 10.5. The van der Waals surface area contributed by atoms with Crippen LogP contribution >= 0.6 is 0 Å². The molecule has 2 aliphatic heterocycles. The zero-order valence-electron chi connectivity index (χ0n) is 17.3. The molecular formula is C23H27N3O5. The van der Waals surface area contributed by atoms with Gasteiger partial charge < -0.3 is 24.8 Å². The zero-order valence-corrected chi connectivity index (χ0v) is 17.3. The van der Waals surface area contributed by atoms with Gasteiger partial charge in [-0.05, 0) is 29.7 Å². The number of hydrogen-bond acceptors (Lipinski definition) is 6. The fourth-order valence-electron chi connectivity index (χ4n) is 3.67. The molecule has 1 fully saturated rings. The van der Waals surface area contributed by atoms with E-state index in [9.17, 15) is 9.59 Å². The maximum absolute atomic E-state index is 12.0. The van der Waals surface area contributed by atoms with Crippen LogP contribution in [0.4, 0.5) is 0 Å². The van der Waals surface area contributed by atoms with Gasteiger partial charge in [-0.3, -0.25) is 14.5 Å². The van der Waals surface area contributed by atoms with Gasteiger partial charge in [0.1, 0.15) is 0 Å². The summed E-state index contributed by atoms with van der Waals surface area (Å²) in [6.45, 7) is 4.12. The van der Waals surface area contributed by atoms with Crippen molar-refractivity contribution < 1.29 is 23.8 Å². The average molecular weight is 425 g/mol. The average Bonchev–Trinajstić information content (AvgIpc) is 3.29. The Labute approximate surface area is 181 Å². The summed E-state index contributed by atoms with van der Waals surface area (Å²) in [6, 6.07) is 15.6. The number of hydrogen-bond donors (Lipinski definition) is 2. The highest BCUT2D eigenvalue weighted by Crippen LogP contribution is 2.32. The van der Waals surface area contributed by atoms with Crippen LogP contribution in [0.2, 0.25) is 0 Å². The minimum atomic E-state index is -0.645. The third-order valence-electron chi connectivity index (χ3n) is 5.35. The molecular weight excluding hydrogens is 398 g/mol. The molecule has 8 nitrogen and oxygen atoms in total. The van der Waals surface area contributed by atoms with Gasteiger partial charge in [0.25, 0.3) is 0 Å². The quantitative estimate of drug-likeness (QED) is 0.518. The van der Waals surface area contributed by atoms with Crippen molar-refractivity contribution in [3.63, 3.8) is 0 Å². The maximum Gasteiger partial charge on any atom is 0.309 e. The SMILES string of the molecule is O=C(NCCCN1CCO[C@H](c2ccccc2)C1)C(=O)NCc1ccc2c(c1)OCO2. The van der Waals surface area contributed by atoms with Crippen LogP contribution in [0.1, 0.15) is 23.7 Å². The summed E-state index contributed by atoms with van der Waals surface area (Å²) in [5.74, 6) is 0.0649. The Morgan fingerprint density at radius 2 is 1.81 bits per heavy atom. The lowest BCUT2D eigenvalue weighted by molar-refractivity contribution is -0.139. The Morgan fingerprint density at radius 3 is 2.68 bits per heavy atom. The predicted molar refractivity (Wildman–Crippen MR) is 114 cm³/mol. The van der Waals surface area contributed by atoms with Gasteiger partial charge in [-0.2, -0.15) is 0 Å². The van der Waals surface area contributed by atoms with Gasteiger partial charge in [0.05, 0.1) is 12.7 Å². The van der Waals surface area contributed by atoms with E-state index in [0.717, 1.165) is 31.6 Å². The van der Waals surface area contributed by atoms with Crippen LogP contribution in [0, 0.1) is 0 Å². The number of ether oxygens (including phenoxy) is 3. The number of benzene rings is 2. The van der Waals surface area contributed by atoms with E-state index in [1.807, 2.05) is 24.3 Å². The molecule has 31 heavy (non-hydrogen) atoms. The number of fused-ring (bicyclic) bond motifs is 1. The lowest BCUT2D eigenvalue weighted by atomic mass is 10.1. The molecule has 0 spiro atoms. The molecule has 1 atom stereocenters. The monoisotopic (exact) mass is 425 g/mol. The molecule has 0 aromatic heterocycles. The van der Waals surface area contributed by atoms with Crippen molar-refractivity contribution in [2.45, 2.75) is 19.1 Å². The molecule has 8 heteroatoms. The highest BCUT2D eigenvalue weighted by molar-refractivity contribution is 6.35. The minimum absolute atomic E-state index is 0.0755. The molecule has 0 unspecified atom stereocenters. The zero-order chi connectivity index (χ0) is 21.5. The largest absolute Gasteiger partial charge is 0.454 e. The van der Waals surface area contributed by atoms with E-state index in [1.165, 1.54) is 5.56 Å². The summed E-state index contributed by atoms with van der Waals surface area (Å²) in [7, 11) is 0. The van der Waals surface area contributed by atoms with Crippen LogP contribution in [-0.4, -0.2) is 56.3 Å². The fraction of sp³-hybridized carbons (Fsp3) is 0.391. The molecule has 0 radical (unpaired) electrons. The van der Waals surface area contributed by atoms with E-state index in [2.05, 4.69) is 27.7 Å². The second kappa shape index (κ2) is 10.3. The van der Waals surface area contributed by atoms with Crippen LogP contribution in [0.25, 0.3) is 0 Å². The van der Waals surface area contributed by atoms with E-state index in [0.29, 0.717) is 24.7 Å². The summed E-state index contributed by atoms with van der Waals surface area (Å²) in [5.41, 5.74) is 2.02. The predicted octanol–water partition coefficient (Wildman–Crippen LogP) is 1.61. The van der Waals surface area contributed by atoms with Crippen molar-refractivity contribution in [2.24, 2.45) is 0 Å². The van der Waals surface area contributed by atoms with Crippen molar-refractivity contribution in [3.05, 3.63) is 59.7 Å². The molecule has 4 rings (SSSR count). The summed E-state index contributed by atoms with van der Waals surface area (Å²) in [6.07, 6.45) is 0.842. The van der Waals surface area contributed by atoms with E-state index < -0.39 is 11.8 Å². The van der Waals surface area contributed by atoms with Crippen LogP contribution in [0.15, 0.2) is 48.5 Å². The molecule has 2 N–H and O–H groups in total. The van der Waals surface area contributed by atoms with Crippen LogP contribution in [0.5, 0.6) is 11.5 Å². The molecule has 1 saturated heterocycles. The fourth-order valence-corrected chi connectivity index (χ4v) is 3.67. The summed E-state index contributed by atoms with van der Waals surface area (Å²) in [5, 5.41) is 5.32. The Kier molecular flexibility index (Phi) is 7.01. The number of rotatable bonds is 7. The lowest BCUT2D eigenvalue weighted by Gasteiger charge is -2.33. The molecule has 164 valence electrons. The van der Waals surface area contributed by atoms with Gasteiger partial charge in [-0.1, -0.05) is 36.4 Å². The summed E-state index contributed by atoms with van der Waals surface area (Å²) < 4.78 is 16.5. The lowest BCUT2D eigenvalue weighted by Crippen LogP contribution is -2.42. The Hall–Kier alpha value is -3.10. The van der Waals surface area contributed by atoms with Gasteiger partial charge in [-0.25, -0.2) is 0 Å². The first kappa shape index (κ1) is 21.1. The molecule has 2 aromatic carbocycles. The number of carbonyl (C=O) groups excluding carboxylic acids is 2. The van der Waals surface area contributed by atoms with Crippen molar-refractivity contribution in [2.75, 3.05) is 39.6 Å². The molecule has 2 amide bonds. The van der Waals surface area contributed by atoms with Crippen molar-refractivity contribution >= 4 is 11.8 Å². The van der Waals surface area contributed by atoms with Crippen molar-refractivity contribution in [3.8, 4) is 11.5 Å². The van der Waals surface area contributed by atoms with Gasteiger partial charge in [0.2, 0.25) is 6.79 Å². The van der Waals surface area contributed by atoms with Crippen LogP contribution in [-0.2, 0) is 20.9 Å². The van der Waals surface area contributed by atoms with Gasteiger partial charge >= 0.3 is 11.8 Å². The van der Waals surface area contributed by atoms with Gasteiger partial charge in [-0.15, -0.1) is 0 Å². The normalized spacial score (nSPS) is 17.9. The number of nitrogens with zero attached hydrogens (tertiary/aromatic N) is 1. The third kappa shape index (κ3) is 5.74. The molecule has 2 aromatic rings. The highest BCUT2D eigenvalue weighted by Gasteiger charge is 2.21. The maximum atomic E-state index is 12.0. The molecule has 0 aliphatic carbocycles. The number of nitrogens with one attached hydrogen (secondary N) is 2. The van der Waals surface area contributed by atoms with E-state index >= 15 is 0 Å². The highest BCUT2D eigenvalue weighted by atomic mass is 16.7. The Bertz CT molecular complexity index is 905. The standard InChI is InChI=1S/C23H27N3O5/c27-22(23(28)25-14-17-7-8-19-20(13-17)31-16-30-19)24-9-4-10-26-11-12-29-21(15-26)18-5-2-1-3-6-18/h1-3,5-8,13,21H,4,9-12,14-16H2,(H,24,27)(H,25,28)/t21-/m0/s1. The Balaban J connectivity index is 1.13.